The van der Waals surface area contributed by atoms with Gasteiger partial charge in [-0.2, -0.15) is 0 Å². The van der Waals surface area contributed by atoms with Crippen LogP contribution in [0, 0.1) is 12.7 Å². The maximum atomic E-state index is 13.9. The van der Waals surface area contributed by atoms with Crippen LogP contribution in [0.3, 0.4) is 0 Å². The van der Waals surface area contributed by atoms with Gasteiger partial charge in [0.25, 0.3) is 0 Å². The first-order valence-corrected chi connectivity index (χ1v) is 6.17. The molecule has 4 heteroatoms. The van der Waals surface area contributed by atoms with Gasteiger partial charge in [-0.3, -0.25) is 0 Å². The number of hydrogen-bond donors (Lipinski definition) is 1. The molecule has 1 aliphatic carbocycles. The van der Waals surface area contributed by atoms with Gasteiger partial charge in [-0.1, -0.05) is 12.1 Å². The van der Waals surface area contributed by atoms with Crippen molar-refractivity contribution in [3.63, 3.8) is 0 Å². The van der Waals surface area contributed by atoms with Gasteiger partial charge in [0.2, 0.25) is 5.89 Å². The SMILES string of the molecule is Cc1cccc(-c2nc(CNC3CC3)co2)c1F. The van der Waals surface area contributed by atoms with E-state index in [2.05, 4.69) is 10.3 Å². The molecule has 1 saturated carbocycles. The Morgan fingerprint density at radius 1 is 1.44 bits per heavy atom. The molecule has 0 aliphatic heterocycles. The fourth-order valence-electron chi connectivity index (χ4n) is 1.86. The summed E-state index contributed by atoms with van der Waals surface area (Å²) < 4.78 is 19.3. The molecule has 3 nitrogen and oxygen atoms in total. The lowest BCUT2D eigenvalue weighted by atomic mass is 10.1. The van der Waals surface area contributed by atoms with Crippen LogP contribution in [-0.4, -0.2) is 11.0 Å². The minimum Gasteiger partial charge on any atom is -0.444 e. The molecule has 3 rings (SSSR count). The van der Waals surface area contributed by atoms with Gasteiger partial charge in [0.05, 0.1) is 11.3 Å². The number of halogens is 1. The van der Waals surface area contributed by atoms with E-state index in [1.807, 2.05) is 0 Å². The monoisotopic (exact) mass is 246 g/mol. The van der Waals surface area contributed by atoms with Crippen LogP contribution in [0.1, 0.15) is 24.1 Å². The predicted octanol–water partition coefficient (Wildman–Crippen LogP) is 3.04. The van der Waals surface area contributed by atoms with Gasteiger partial charge in [-0.25, -0.2) is 9.37 Å². The first-order valence-electron chi connectivity index (χ1n) is 6.17. The van der Waals surface area contributed by atoms with Crippen LogP contribution in [0.25, 0.3) is 11.5 Å². The maximum absolute atomic E-state index is 13.9. The van der Waals surface area contributed by atoms with E-state index in [1.54, 1.807) is 31.4 Å². The molecule has 0 bridgehead atoms. The topological polar surface area (TPSA) is 38.1 Å². The Morgan fingerprint density at radius 2 is 2.28 bits per heavy atom. The van der Waals surface area contributed by atoms with E-state index in [-0.39, 0.29) is 5.82 Å². The normalized spacial score (nSPS) is 15.0. The smallest absolute Gasteiger partial charge is 0.229 e. The van der Waals surface area contributed by atoms with Crippen molar-refractivity contribution >= 4 is 0 Å². The van der Waals surface area contributed by atoms with Crippen molar-refractivity contribution in [2.24, 2.45) is 0 Å². The summed E-state index contributed by atoms with van der Waals surface area (Å²) in [5.41, 5.74) is 1.84. The molecular weight excluding hydrogens is 231 g/mol. The Kier molecular flexibility index (Phi) is 2.88. The van der Waals surface area contributed by atoms with Gasteiger partial charge in [0, 0.05) is 12.6 Å². The van der Waals surface area contributed by atoms with Crippen LogP contribution in [0.2, 0.25) is 0 Å². The first-order chi connectivity index (χ1) is 8.74. The zero-order valence-electron chi connectivity index (χ0n) is 10.2. The zero-order chi connectivity index (χ0) is 12.5. The molecule has 1 aromatic carbocycles. The van der Waals surface area contributed by atoms with E-state index >= 15 is 0 Å². The highest BCUT2D eigenvalue weighted by Crippen LogP contribution is 2.24. The third-order valence-electron chi connectivity index (χ3n) is 3.12. The molecule has 0 unspecified atom stereocenters. The van der Waals surface area contributed by atoms with E-state index < -0.39 is 0 Å². The minimum atomic E-state index is -0.263. The fourth-order valence-corrected chi connectivity index (χ4v) is 1.86. The van der Waals surface area contributed by atoms with Crippen molar-refractivity contribution in [2.75, 3.05) is 0 Å². The van der Waals surface area contributed by atoms with Crippen LogP contribution in [-0.2, 0) is 6.54 Å². The van der Waals surface area contributed by atoms with Crippen molar-refractivity contribution in [3.05, 3.63) is 41.5 Å². The zero-order valence-corrected chi connectivity index (χ0v) is 10.2. The van der Waals surface area contributed by atoms with Gasteiger partial charge in [-0.15, -0.1) is 0 Å². The molecule has 0 radical (unpaired) electrons. The number of nitrogens with one attached hydrogen (secondary N) is 1. The second-order valence-corrected chi connectivity index (χ2v) is 4.74. The summed E-state index contributed by atoms with van der Waals surface area (Å²) in [4.78, 5) is 4.31. The first kappa shape index (κ1) is 11.4. The van der Waals surface area contributed by atoms with Crippen LogP contribution in [0.15, 0.2) is 28.9 Å². The lowest BCUT2D eigenvalue weighted by Gasteiger charge is -2.00. The Hall–Kier alpha value is -1.68. The average Bonchev–Trinajstić information content (AvgIpc) is 3.08. The summed E-state index contributed by atoms with van der Waals surface area (Å²) in [5, 5.41) is 3.35. The number of nitrogens with zero attached hydrogens (tertiary/aromatic N) is 1. The minimum absolute atomic E-state index is 0.263. The van der Waals surface area contributed by atoms with E-state index in [1.165, 1.54) is 12.8 Å². The number of aromatic nitrogens is 1. The number of rotatable bonds is 4. The Bertz CT molecular complexity index is 561. The number of benzene rings is 1. The summed E-state index contributed by atoms with van der Waals surface area (Å²) in [7, 11) is 0. The predicted molar refractivity (Wildman–Crippen MR) is 66.5 cm³/mol. The standard InChI is InChI=1S/C14H15FN2O/c1-9-3-2-4-12(13(9)15)14-17-11(8-18-14)7-16-10-5-6-10/h2-4,8,10,16H,5-7H2,1H3. The lowest BCUT2D eigenvalue weighted by molar-refractivity contribution is 0.557. The third kappa shape index (κ3) is 2.29. The Labute approximate surface area is 105 Å². The van der Waals surface area contributed by atoms with Crippen molar-refractivity contribution in [1.29, 1.82) is 0 Å². The summed E-state index contributed by atoms with van der Waals surface area (Å²) >= 11 is 0. The molecule has 0 saturated heterocycles. The van der Waals surface area contributed by atoms with Crippen LogP contribution in [0.4, 0.5) is 4.39 Å². The van der Waals surface area contributed by atoms with Gasteiger partial charge in [0.15, 0.2) is 0 Å². The van der Waals surface area contributed by atoms with Crippen LogP contribution >= 0.6 is 0 Å². The van der Waals surface area contributed by atoms with Crippen molar-refractivity contribution in [3.8, 4) is 11.5 Å². The van der Waals surface area contributed by atoms with Gasteiger partial charge in [0.1, 0.15) is 12.1 Å². The molecule has 18 heavy (non-hydrogen) atoms. The van der Waals surface area contributed by atoms with Crippen molar-refractivity contribution in [2.45, 2.75) is 32.4 Å². The molecule has 1 fully saturated rings. The molecule has 0 amide bonds. The third-order valence-corrected chi connectivity index (χ3v) is 3.12. The number of aryl methyl sites for hydroxylation is 1. The van der Waals surface area contributed by atoms with E-state index in [0.717, 1.165) is 5.69 Å². The molecule has 1 aromatic heterocycles. The second kappa shape index (κ2) is 4.53. The van der Waals surface area contributed by atoms with Crippen molar-refractivity contribution < 1.29 is 8.81 Å². The molecule has 94 valence electrons. The van der Waals surface area contributed by atoms with Gasteiger partial charge < -0.3 is 9.73 Å². The molecule has 0 atom stereocenters. The number of hydrogen-bond acceptors (Lipinski definition) is 3. The van der Waals surface area contributed by atoms with Crippen molar-refractivity contribution in [1.82, 2.24) is 10.3 Å². The van der Waals surface area contributed by atoms with E-state index in [9.17, 15) is 4.39 Å². The Balaban J connectivity index is 1.80. The second-order valence-electron chi connectivity index (χ2n) is 4.74. The average molecular weight is 246 g/mol. The molecule has 1 heterocycles. The molecule has 1 aliphatic rings. The molecule has 1 N–H and O–H groups in total. The van der Waals surface area contributed by atoms with E-state index in [0.29, 0.717) is 29.6 Å². The Morgan fingerprint density at radius 3 is 3.06 bits per heavy atom. The quantitative estimate of drug-likeness (QED) is 0.901. The summed E-state index contributed by atoms with van der Waals surface area (Å²) in [6, 6.07) is 5.85. The summed E-state index contributed by atoms with van der Waals surface area (Å²) in [5.74, 6) is 0.0878. The highest BCUT2D eigenvalue weighted by Gasteiger charge is 2.21. The summed E-state index contributed by atoms with van der Waals surface area (Å²) in [6.07, 6.45) is 4.06. The molecule has 2 aromatic rings. The maximum Gasteiger partial charge on any atom is 0.229 e. The van der Waals surface area contributed by atoms with Crippen LogP contribution < -0.4 is 5.32 Å². The summed E-state index contributed by atoms with van der Waals surface area (Å²) in [6.45, 7) is 2.42. The van der Waals surface area contributed by atoms with E-state index in [4.69, 9.17) is 4.42 Å². The highest BCUT2D eigenvalue weighted by molar-refractivity contribution is 5.55. The molecular formula is C14H15FN2O. The lowest BCUT2D eigenvalue weighted by Crippen LogP contribution is -2.15. The largest absolute Gasteiger partial charge is 0.444 e. The van der Waals surface area contributed by atoms with Crippen LogP contribution in [0.5, 0.6) is 0 Å². The molecule has 0 spiro atoms. The highest BCUT2D eigenvalue weighted by atomic mass is 19.1. The number of oxazole rings is 1. The van der Waals surface area contributed by atoms with Gasteiger partial charge >= 0.3 is 0 Å². The fraction of sp³-hybridized carbons (Fsp3) is 0.357. The van der Waals surface area contributed by atoms with Gasteiger partial charge in [-0.05, 0) is 31.4 Å².